The molecule has 0 aliphatic rings. The molecule has 3 aromatic carbocycles. The predicted octanol–water partition coefficient (Wildman–Crippen LogP) is 5.26. The van der Waals surface area contributed by atoms with Crippen molar-refractivity contribution >= 4 is 17.5 Å². The first-order chi connectivity index (χ1) is 14.1. The predicted molar refractivity (Wildman–Crippen MR) is 116 cm³/mol. The number of hydrogen-bond donors (Lipinski definition) is 1. The maximum Gasteiger partial charge on any atom is 0.270 e. The monoisotopic (exact) mass is 401 g/mol. The van der Waals surface area contributed by atoms with Crippen molar-refractivity contribution in [2.45, 2.75) is 6.04 Å². The molecule has 144 valence electrons. The van der Waals surface area contributed by atoms with Crippen LogP contribution in [-0.4, -0.2) is 15.7 Å². The Hall–Kier alpha value is -3.37. The van der Waals surface area contributed by atoms with E-state index in [1.54, 1.807) is 17.8 Å². The Morgan fingerprint density at radius 3 is 2.03 bits per heavy atom. The normalized spacial score (nSPS) is 10.9. The number of carbonyl (C=O) groups is 1. The van der Waals surface area contributed by atoms with Crippen LogP contribution in [-0.2, 0) is 7.05 Å². The maximum absolute atomic E-state index is 13.1. The van der Waals surface area contributed by atoms with Crippen LogP contribution >= 0.6 is 11.6 Å². The Balaban J connectivity index is 1.66. The number of carbonyl (C=O) groups excluding carboxylic acids is 1. The molecule has 5 heteroatoms. The van der Waals surface area contributed by atoms with Crippen molar-refractivity contribution in [3.05, 3.63) is 113 Å². The van der Waals surface area contributed by atoms with Crippen molar-refractivity contribution in [1.82, 2.24) is 15.1 Å². The summed E-state index contributed by atoms with van der Waals surface area (Å²) in [6.07, 6.45) is 0. The molecular formula is C24H20ClN3O. The van der Waals surface area contributed by atoms with E-state index in [1.165, 1.54) is 0 Å². The van der Waals surface area contributed by atoms with Crippen LogP contribution in [0.1, 0.15) is 27.7 Å². The summed E-state index contributed by atoms with van der Waals surface area (Å²) < 4.78 is 1.58. The molecular weight excluding hydrogens is 382 g/mol. The lowest BCUT2D eigenvalue weighted by Gasteiger charge is -2.20. The van der Waals surface area contributed by atoms with E-state index in [2.05, 4.69) is 10.4 Å². The van der Waals surface area contributed by atoms with Gasteiger partial charge in [0.25, 0.3) is 5.91 Å². The number of aryl methyl sites for hydroxylation is 1. The third-order valence-corrected chi connectivity index (χ3v) is 5.13. The summed E-state index contributed by atoms with van der Waals surface area (Å²) in [6.45, 7) is 0. The highest BCUT2D eigenvalue weighted by Gasteiger charge is 2.21. The van der Waals surface area contributed by atoms with E-state index in [1.807, 2.05) is 84.9 Å². The van der Waals surface area contributed by atoms with Crippen molar-refractivity contribution in [3.8, 4) is 11.3 Å². The minimum absolute atomic E-state index is 0.198. The first-order valence-electron chi connectivity index (χ1n) is 9.33. The molecule has 0 aliphatic heterocycles. The van der Waals surface area contributed by atoms with Gasteiger partial charge in [-0.2, -0.15) is 5.10 Å². The highest BCUT2D eigenvalue weighted by molar-refractivity contribution is 6.33. The summed E-state index contributed by atoms with van der Waals surface area (Å²) in [5.41, 5.74) is 3.96. The summed E-state index contributed by atoms with van der Waals surface area (Å²) in [6, 6.07) is 28.8. The molecule has 0 saturated heterocycles. The molecule has 0 radical (unpaired) electrons. The zero-order valence-corrected chi connectivity index (χ0v) is 16.7. The second-order valence-corrected chi connectivity index (χ2v) is 7.15. The highest BCUT2D eigenvalue weighted by Crippen LogP contribution is 2.27. The van der Waals surface area contributed by atoms with Crippen LogP contribution in [0.4, 0.5) is 0 Å². The number of hydrogen-bond acceptors (Lipinski definition) is 2. The number of aromatic nitrogens is 2. The fourth-order valence-corrected chi connectivity index (χ4v) is 3.57. The molecule has 29 heavy (non-hydrogen) atoms. The number of rotatable bonds is 5. The Kier molecular flexibility index (Phi) is 5.45. The van der Waals surface area contributed by atoms with E-state index in [-0.39, 0.29) is 11.9 Å². The Labute approximate surface area is 174 Å². The second kappa shape index (κ2) is 8.33. The van der Waals surface area contributed by atoms with Gasteiger partial charge in [-0.1, -0.05) is 90.5 Å². The molecule has 0 aliphatic carbocycles. The van der Waals surface area contributed by atoms with Crippen molar-refractivity contribution in [2.75, 3.05) is 0 Å². The Bertz CT molecular complexity index is 1080. The summed E-state index contributed by atoms with van der Waals surface area (Å²) in [4.78, 5) is 13.1. The molecule has 0 fully saturated rings. The lowest BCUT2D eigenvalue weighted by Crippen LogP contribution is -2.30. The number of halogens is 1. The van der Waals surface area contributed by atoms with Crippen LogP contribution in [0.2, 0.25) is 5.02 Å². The second-order valence-electron chi connectivity index (χ2n) is 6.75. The third-order valence-electron chi connectivity index (χ3n) is 4.80. The van der Waals surface area contributed by atoms with Crippen LogP contribution in [0.25, 0.3) is 11.3 Å². The zero-order chi connectivity index (χ0) is 20.2. The molecule has 0 saturated carbocycles. The first-order valence-corrected chi connectivity index (χ1v) is 9.71. The van der Waals surface area contributed by atoms with Crippen LogP contribution in [0.15, 0.2) is 91.0 Å². The molecule has 0 bridgehead atoms. The zero-order valence-electron chi connectivity index (χ0n) is 15.9. The van der Waals surface area contributed by atoms with E-state index >= 15 is 0 Å². The average molecular weight is 402 g/mol. The fourth-order valence-electron chi connectivity index (χ4n) is 3.34. The molecule has 1 heterocycles. The van der Waals surface area contributed by atoms with Crippen molar-refractivity contribution < 1.29 is 4.79 Å². The molecule has 1 aromatic heterocycles. The highest BCUT2D eigenvalue weighted by atomic mass is 35.5. The van der Waals surface area contributed by atoms with Crippen LogP contribution < -0.4 is 5.32 Å². The first kappa shape index (κ1) is 19.0. The molecule has 1 amide bonds. The van der Waals surface area contributed by atoms with E-state index in [0.717, 1.165) is 16.7 Å². The SMILES string of the molecule is Cn1nc(-c2ccccc2Cl)cc1C(=O)NC(c1ccccc1)c1ccccc1. The van der Waals surface area contributed by atoms with Gasteiger partial charge in [0.1, 0.15) is 5.69 Å². The van der Waals surface area contributed by atoms with Gasteiger partial charge in [0, 0.05) is 12.6 Å². The van der Waals surface area contributed by atoms with Gasteiger partial charge in [0.05, 0.1) is 16.8 Å². The topological polar surface area (TPSA) is 46.9 Å². The molecule has 4 rings (SSSR count). The number of amides is 1. The largest absolute Gasteiger partial charge is 0.340 e. The Morgan fingerprint density at radius 1 is 0.897 bits per heavy atom. The van der Waals surface area contributed by atoms with Gasteiger partial charge in [-0.25, -0.2) is 0 Å². The molecule has 4 aromatic rings. The van der Waals surface area contributed by atoms with Crippen molar-refractivity contribution in [3.63, 3.8) is 0 Å². The van der Waals surface area contributed by atoms with Gasteiger partial charge in [-0.15, -0.1) is 0 Å². The van der Waals surface area contributed by atoms with Crippen LogP contribution in [0, 0.1) is 0 Å². The minimum atomic E-state index is -0.261. The molecule has 0 atom stereocenters. The van der Waals surface area contributed by atoms with Gasteiger partial charge >= 0.3 is 0 Å². The quantitative estimate of drug-likeness (QED) is 0.495. The van der Waals surface area contributed by atoms with Gasteiger partial charge in [0.15, 0.2) is 0 Å². The van der Waals surface area contributed by atoms with Gasteiger partial charge in [-0.05, 0) is 23.3 Å². The van der Waals surface area contributed by atoms with Crippen LogP contribution in [0.5, 0.6) is 0 Å². The van der Waals surface area contributed by atoms with E-state index < -0.39 is 0 Å². The minimum Gasteiger partial charge on any atom is -0.340 e. The van der Waals surface area contributed by atoms with Crippen molar-refractivity contribution in [2.24, 2.45) is 7.05 Å². The molecule has 0 unspecified atom stereocenters. The number of nitrogens with one attached hydrogen (secondary N) is 1. The van der Waals surface area contributed by atoms with Gasteiger partial charge < -0.3 is 5.32 Å². The fraction of sp³-hybridized carbons (Fsp3) is 0.0833. The van der Waals surface area contributed by atoms with E-state index in [4.69, 9.17) is 11.6 Å². The summed E-state index contributed by atoms with van der Waals surface area (Å²) in [5.74, 6) is -0.198. The van der Waals surface area contributed by atoms with E-state index in [9.17, 15) is 4.79 Å². The van der Waals surface area contributed by atoms with Gasteiger partial charge in [-0.3, -0.25) is 9.48 Å². The van der Waals surface area contributed by atoms with E-state index in [0.29, 0.717) is 16.4 Å². The number of benzene rings is 3. The standard InChI is InChI=1S/C24H20ClN3O/c1-28-22(16-21(27-28)19-14-8-9-15-20(19)25)24(29)26-23(17-10-4-2-5-11-17)18-12-6-3-7-13-18/h2-16,23H,1H3,(H,26,29). The maximum atomic E-state index is 13.1. The van der Waals surface area contributed by atoms with Crippen LogP contribution in [0.3, 0.4) is 0 Å². The molecule has 4 nitrogen and oxygen atoms in total. The Morgan fingerprint density at radius 2 is 1.45 bits per heavy atom. The van der Waals surface area contributed by atoms with Crippen molar-refractivity contribution in [1.29, 1.82) is 0 Å². The lowest BCUT2D eigenvalue weighted by molar-refractivity contribution is 0.0933. The third kappa shape index (κ3) is 4.08. The molecule has 0 spiro atoms. The van der Waals surface area contributed by atoms with Gasteiger partial charge in [0.2, 0.25) is 0 Å². The smallest absolute Gasteiger partial charge is 0.270 e. The lowest BCUT2D eigenvalue weighted by atomic mass is 9.98. The number of nitrogens with zero attached hydrogens (tertiary/aromatic N) is 2. The summed E-state index contributed by atoms with van der Waals surface area (Å²) in [5, 5.41) is 8.24. The summed E-state index contributed by atoms with van der Waals surface area (Å²) >= 11 is 6.29. The summed E-state index contributed by atoms with van der Waals surface area (Å²) in [7, 11) is 1.76. The molecule has 1 N–H and O–H groups in total. The average Bonchev–Trinajstić information content (AvgIpc) is 3.15.